The van der Waals surface area contributed by atoms with Crippen molar-refractivity contribution in [3.8, 4) is 0 Å². The van der Waals surface area contributed by atoms with Crippen molar-refractivity contribution in [1.29, 1.82) is 0 Å². The van der Waals surface area contributed by atoms with Crippen molar-refractivity contribution in [3.63, 3.8) is 0 Å². The summed E-state index contributed by atoms with van der Waals surface area (Å²) >= 11 is 0. The van der Waals surface area contributed by atoms with Crippen LogP contribution in [0.5, 0.6) is 0 Å². The highest BCUT2D eigenvalue weighted by atomic mass is 16.2. The van der Waals surface area contributed by atoms with Crippen LogP contribution in [-0.4, -0.2) is 23.6 Å². The highest BCUT2D eigenvalue weighted by Crippen LogP contribution is 2.34. The number of barbiturate groups is 1. The number of carbonyl (C=O) groups excluding carboxylic acids is 4. The Morgan fingerprint density at radius 2 is 1.35 bits per heavy atom. The molecule has 0 bridgehead atoms. The lowest BCUT2D eigenvalue weighted by atomic mass is 9.79. The monoisotopic (exact) mass is 412 g/mol. The predicted octanol–water partition coefficient (Wildman–Crippen LogP) is 3.94. The Morgan fingerprint density at radius 3 is 1.97 bits per heavy atom. The maximum Gasteiger partial charge on any atom is 0.335 e. The van der Waals surface area contributed by atoms with Gasteiger partial charge in [0.2, 0.25) is 11.8 Å². The van der Waals surface area contributed by atoms with E-state index < -0.39 is 29.7 Å². The molecule has 1 saturated heterocycles. The maximum atomic E-state index is 13.4. The van der Waals surface area contributed by atoms with Crippen molar-refractivity contribution in [1.82, 2.24) is 5.32 Å². The summed E-state index contributed by atoms with van der Waals surface area (Å²) in [5.41, 5.74) is 1.55. The number of carbonyl (C=O) groups is 4. The van der Waals surface area contributed by atoms with Crippen LogP contribution in [0.2, 0.25) is 0 Å². The van der Waals surface area contributed by atoms with Crippen LogP contribution in [0.3, 0.4) is 0 Å². The summed E-state index contributed by atoms with van der Waals surface area (Å²) < 4.78 is 0. The summed E-state index contributed by atoms with van der Waals surface area (Å²) in [7, 11) is 0. The molecule has 1 fully saturated rings. The number of rotatable bonds is 6. The van der Waals surface area contributed by atoms with Gasteiger partial charge in [0.1, 0.15) is 5.92 Å². The molecule has 0 radical (unpaired) electrons. The Hall–Kier alpha value is -4.06. The third kappa shape index (κ3) is 4.14. The summed E-state index contributed by atoms with van der Waals surface area (Å²) in [5, 5.41) is 2.29. The summed E-state index contributed by atoms with van der Waals surface area (Å²) in [5.74, 6) is -3.46. The van der Waals surface area contributed by atoms with Crippen LogP contribution in [0.4, 0.5) is 10.5 Å². The topological polar surface area (TPSA) is 83.6 Å². The van der Waals surface area contributed by atoms with Crippen molar-refractivity contribution in [2.24, 2.45) is 5.92 Å². The lowest BCUT2D eigenvalue weighted by Crippen LogP contribution is -2.59. The Bertz CT molecular complexity index is 1110. The average Bonchev–Trinajstić information content (AvgIpc) is 2.80. The van der Waals surface area contributed by atoms with E-state index in [2.05, 4.69) is 5.32 Å². The highest BCUT2D eigenvalue weighted by molar-refractivity contribution is 6.28. The number of Topliss-reactive ketones (excluding diaryl/α,β-unsaturated/α-hetero) is 1. The Morgan fingerprint density at radius 1 is 0.806 bits per heavy atom. The molecule has 0 spiro atoms. The Balaban J connectivity index is 1.72. The second-order valence-electron chi connectivity index (χ2n) is 7.29. The number of anilines is 1. The first kappa shape index (κ1) is 20.2. The smallest absolute Gasteiger partial charge is 0.294 e. The van der Waals surface area contributed by atoms with E-state index in [1.165, 1.54) is 0 Å². The zero-order valence-electron chi connectivity index (χ0n) is 16.6. The molecule has 1 aliphatic rings. The molecule has 154 valence electrons. The SMILES string of the molecule is O=C(CC(c1ccccc1)C1C(=O)NC(=O)N(c2ccccc2)C1=O)c1ccccc1. The third-order valence-electron chi connectivity index (χ3n) is 5.35. The summed E-state index contributed by atoms with van der Waals surface area (Å²) in [6.45, 7) is 0. The van der Waals surface area contributed by atoms with Gasteiger partial charge in [0.05, 0.1) is 5.69 Å². The molecule has 3 aromatic carbocycles. The van der Waals surface area contributed by atoms with Crippen LogP contribution in [0, 0.1) is 5.92 Å². The molecule has 0 aromatic heterocycles. The number of nitrogens with one attached hydrogen (secondary N) is 1. The minimum absolute atomic E-state index is 0.0470. The van der Waals surface area contributed by atoms with Crippen LogP contribution in [0.25, 0.3) is 0 Å². The van der Waals surface area contributed by atoms with Gasteiger partial charge in [0, 0.05) is 17.9 Å². The van der Waals surface area contributed by atoms with Gasteiger partial charge >= 0.3 is 6.03 Å². The Kier molecular flexibility index (Phi) is 5.71. The molecular weight excluding hydrogens is 392 g/mol. The van der Waals surface area contributed by atoms with E-state index in [1.807, 2.05) is 12.1 Å². The van der Waals surface area contributed by atoms with Gasteiger partial charge in [-0.3, -0.25) is 19.7 Å². The molecular formula is C25H20N2O4. The first-order valence-corrected chi connectivity index (χ1v) is 9.93. The summed E-state index contributed by atoms with van der Waals surface area (Å²) in [6, 6.07) is 25.3. The molecule has 1 heterocycles. The van der Waals surface area contributed by atoms with Crippen LogP contribution < -0.4 is 10.2 Å². The lowest BCUT2D eigenvalue weighted by molar-refractivity contribution is -0.135. The molecule has 0 saturated carbocycles. The number of benzene rings is 3. The van der Waals surface area contributed by atoms with Crippen molar-refractivity contribution < 1.29 is 19.2 Å². The van der Waals surface area contributed by atoms with Crippen molar-refractivity contribution in [2.75, 3.05) is 4.90 Å². The molecule has 1 aliphatic heterocycles. The van der Waals surface area contributed by atoms with E-state index in [0.29, 0.717) is 16.8 Å². The first-order valence-electron chi connectivity index (χ1n) is 9.93. The number of amides is 4. The molecule has 4 rings (SSSR count). The van der Waals surface area contributed by atoms with E-state index in [0.717, 1.165) is 4.90 Å². The standard InChI is InChI=1S/C25H20N2O4/c28-21(18-12-6-2-7-13-18)16-20(17-10-4-1-5-11-17)22-23(29)26-25(31)27(24(22)30)19-14-8-3-9-15-19/h1-15,20,22H,16H2,(H,26,29,31). The van der Waals surface area contributed by atoms with Gasteiger partial charge in [-0.05, 0) is 17.7 Å². The van der Waals surface area contributed by atoms with Gasteiger partial charge in [0.25, 0.3) is 0 Å². The fourth-order valence-electron chi connectivity index (χ4n) is 3.84. The zero-order valence-corrected chi connectivity index (χ0v) is 16.6. The quantitative estimate of drug-likeness (QED) is 0.491. The molecule has 31 heavy (non-hydrogen) atoms. The van der Waals surface area contributed by atoms with Crippen LogP contribution in [-0.2, 0) is 9.59 Å². The summed E-state index contributed by atoms with van der Waals surface area (Å²) in [4.78, 5) is 52.7. The lowest BCUT2D eigenvalue weighted by Gasteiger charge is -2.34. The molecule has 6 nitrogen and oxygen atoms in total. The van der Waals surface area contributed by atoms with Crippen LogP contribution in [0.15, 0.2) is 91.0 Å². The molecule has 6 heteroatoms. The minimum Gasteiger partial charge on any atom is -0.294 e. The van der Waals surface area contributed by atoms with Gasteiger partial charge in [-0.2, -0.15) is 0 Å². The number of nitrogens with zero attached hydrogens (tertiary/aromatic N) is 1. The van der Waals surface area contributed by atoms with E-state index in [9.17, 15) is 19.2 Å². The number of para-hydroxylation sites is 1. The average molecular weight is 412 g/mol. The van der Waals surface area contributed by atoms with Gasteiger partial charge in [-0.25, -0.2) is 9.69 Å². The molecule has 2 atom stereocenters. The zero-order chi connectivity index (χ0) is 21.8. The summed E-state index contributed by atoms with van der Waals surface area (Å²) in [6.07, 6.45) is -0.0470. The fraction of sp³-hybridized carbons (Fsp3) is 0.120. The van der Waals surface area contributed by atoms with Crippen LogP contribution in [0.1, 0.15) is 28.3 Å². The minimum atomic E-state index is -1.21. The maximum absolute atomic E-state index is 13.4. The van der Waals surface area contributed by atoms with Crippen molar-refractivity contribution in [2.45, 2.75) is 12.3 Å². The number of imide groups is 2. The number of ketones is 1. The van der Waals surface area contributed by atoms with Crippen LogP contribution >= 0.6 is 0 Å². The largest absolute Gasteiger partial charge is 0.335 e. The van der Waals surface area contributed by atoms with E-state index in [-0.39, 0.29) is 12.2 Å². The Labute approximate surface area is 179 Å². The molecule has 0 aliphatic carbocycles. The van der Waals surface area contributed by atoms with E-state index in [1.54, 1.807) is 78.9 Å². The molecule has 1 N–H and O–H groups in total. The highest BCUT2D eigenvalue weighted by Gasteiger charge is 2.46. The predicted molar refractivity (Wildman–Crippen MR) is 116 cm³/mol. The molecule has 2 unspecified atom stereocenters. The second kappa shape index (κ2) is 8.75. The van der Waals surface area contributed by atoms with Gasteiger partial charge in [0.15, 0.2) is 5.78 Å². The van der Waals surface area contributed by atoms with Crippen molar-refractivity contribution >= 4 is 29.3 Å². The first-order chi connectivity index (χ1) is 15.1. The number of hydrogen-bond acceptors (Lipinski definition) is 4. The van der Waals surface area contributed by atoms with Gasteiger partial charge < -0.3 is 0 Å². The van der Waals surface area contributed by atoms with Gasteiger partial charge in [-0.1, -0.05) is 78.9 Å². The third-order valence-corrected chi connectivity index (χ3v) is 5.35. The van der Waals surface area contributed by atoms with Gasteiger partial charge in [-0.15, -0.1) is 0 Å². The molecule has 3 aromatic rings. The molecule has 4 amide bonds. The fourth-order valence-corrected chi connectivity index (χ4v) is 3.84. The van der Waals surface area contributed by atoms with E-state index >= 15 is 0 Å². The second-order valence-corrected chi connectivity index (χ2v) is 7.29. The normalized spacial score (nSPS) is 17.2. The van der Waals surface area contributed by atoms with Crippen molar-refractivity contribution in [3.05, 3.63) is 102 Å². The number of hydrogen-bond donors (Lipinski definition) is 1. The van der Waals surface area contributed by atoms with E-state index in [4.69, 9.17) is 0 Å². The number of urea groups is 1.